The smallest absolute Gasteiger partial charge is 0.256 e. The van der Waals surface area contributed by atoms with Crippen LogP contribution in [0.3, 0.4) is 0 Å². The van der Waals surface area contributed by atoms with E-state index < -0.39 is 5.54 Å². The van der Waals surface area contributed by atoms with Crippen LogP contribution in [-0.2, 0) is 5.54 Å². The summed E-state index contributed by atoms with van der Waals surface area (Å²) in [4.78, 5) is 20.5. The number of carbonyl (C=O) groups excluding carboxylic acids is 1. The summed E-state index contributed by atoms with van der Waals surface area (Å²) >= 11 is 6.30. The zero-order valence-electron chi connectivity index (χ0n) is 18.7. The van der Waals surface area contributed by atoms with E-state index in [9.17, 15) is 4.79 Å². The highest BCUT2D eigenvalue weighted by Gasteiger charge is 2.44. The summed E-state index contributed by atoms with van der Waals surface area (Å²) in [7, 11) is 0. The van der Waals surface area contributed by atoms with Crippen molar-refractivity contribution in [2.24, 2.45) is 0 Å². The van der Waals surface area contributed by atoms with E-state index in [1.807, 2.05) is 62.1 Å². The number of aromatic nitrogens is 6. The fraction of sp³-hybridized carbons (Fsp3) is 0.292. The SMILES string of the molecule is Cc1ccc(C(=O)N2CCC[C@@]2(C)c2nnc(-c3cccc(Cl)c3C)[nH]2)c(-n2nccn2)c1. The fourth-order valence-corrected chi connectivity index (χ4v) is 4.67. The molecule has 0 bridgehead atoms. The van der Waals surface area contributed by atoms with Crippen molar-refractivity contribution in [2.75, 3.05) is 6.54 Å². The minimum absolute atomic E-state index is 0.0841. The van der Waals surface area contributed by atoms with Crippen molar-refractivity contribution >= 4 is 17.5 Å². The summed E-state index contributed by atoms with van der Waals surface area (Å²) in [6.07, 6.45) is 4.85. The summed E-state index contributed by atoms with van der Waals surface area (Å²) in [6, 6.07) is 11.4. The lowest BCUT2D eigenvalue weighted by molar-refractivity contribution is 0.0604. The van der Waals surface area contributed by atoms with Gasteiger partial charge in [-0.05, 0) is 62.9 Å². The highest BCUT2D eigenvalue weighted by atomic mass is 35.5. The number of rotatable bonds is 4. The molecule has 1 N–H and O–H groups in total. The molecule has 0 spiro atoms. The van der Waals surface area contributed by atoms with Gasteiger partial charge in [0.25, 0.3) is 5.91 Å². The first-order valence-electron chi connectivity index (χ1n) is 10.9. The van der Waals surface area contributed by atoms with Crippen LogP contribution in [0.2, 0.25) is 5.02 Å². The van der Waals surface area contributed by atoms with Crippen molar-refractivity contribution < 1.29 is 4.79 Å². The third-order valence-corrected chi connectivity index (χ3v) is 6.83. The highest BCUT2D eigenvalue weighted by Crippen LogP contribution is 2.39. The first-order valence-corrected chi connectivity index (χ1v) is 11.2. The fourth-order valence-electron chi connectivity index (χ4n) is 4.50. The van der Waals surface area contributed by atoms with Gasteiger partial charge in [-0.3, -0.25) is 4.79 Å². The Bertz CT molecular complexity index is 1330. The van der Waals surface area contributed by atoms with Gasteiger partial charge in [0.05, 0.1) is 23.6 Å². The van der Waals surface area contributed by atoms with Crippen molar-refractivity contribution in [3.8, 4) is 17.1 Å². The topological polar surface area (TPSA) is 92.6 Å². The molecule has 168 valence electrons. The second kappa shape index (κ2) is 8.12. The molecule has 0 unspecified atom stereocenters. The van der Waals surface area contributed by atoms with Gasteiger partial charge < -0.3 is 9.88 Å². The molecule has 1 atom stereocenters. The summed E-state index contributed by atoms with van der Waals surface area (Å²) in [6.45, 7) is 6.60. The number of carbonyl (C=O) groups is 1. The van der Waals surface area contributed by atoms with E-state index in [1.54, 1.807) is 12.4 Å². The number of likely N-dealkylation sites (tertiary alicyclic amines) is 1. The molecule has 33 heavy (non-hydrogen) atoms. The maximum Gasteiger partial charge on any atom is 0.256 e. The number of amides is 1. The molecule has 1 amide bonds. The number of nitrogens with one attached hydrogen (secondary N) is 1. The van der Waals surface area contributed by atoms with Crippen LogP contribution in [0.1, 0.15) is 47.1 Å². The predicted octanol–water partition coefficient (Wildman–Crippen LogP) is 4.47. The number of hydrogen-bond acceptors (Lipinski definition) is 5. The van der Waals surface area contributed by atoms with Crippen molar-refractivity contribution in [2.45, 2.75) is 39.2 Å². The van der Waals surface area contributed by atoms with Crippen LogP contribution in [0, 0.1) is 13.8 Å². The van der Waals surface area contributed by atoms with Crippen LogP contribution in [0.5, 0.6) is 0 Å². The number of hydrogen-bond donors (Lipinski definition) is 1. The van der Waals surface area contributed by atoms with Gasteiger partial charge in [0, 0.05) is 17.1 Å². The molecule has 2 aromatic carbocycles. The molecular weight excluding hydrogens is 438 g/mol. The predicted molar refractivity (Wildman–Crippen MR) is 125 cm³/mol. The molecule has 1 aliphatic heterocycles. The molecule has 1 aliphatic rings. The van der Waals surface area contributed by atoms with E-state index in [-0.39, 0.29) is 5.91 Å². The Hall–Kier alpha value is -3.52. The maximum absolute atomic E-state index is 13.8. The molecule has 0 aliphatic carbocycles. The van der Waals surface area contributed by atoms with Crippen molar-refractivity contribution in [1.29, 1.82) is 0 Å². The van der Waals surface area contributed by atoms with Crippen molar-refractivity contribution in [1.82, 2.24) is 35.1 Å². The molecule has 2 aromatic heterocycles. The van der Waals surface area contributed by atoms with Gasteiger partial charge in [-0.25, -0.2) is 0 Å². The quantitative estimate of drug-likeness (QED) is 0.484. The third kappa shape index (κ3) is 3.60. The molecule has 5 rings (SSSR count). The van der Waals surface area contributed by atoms with Crippen LogP contribution in [0.4, 0.5) is 0 Å². The number of nitrogens with zero attached hydrogens (tertiary/aromatic N) is 6. The minimum atomic E-state index is -0.617. The molecule has 0 radical (unpaired) electrons. The van der Waals surface area contributed by atoms with Gasteiger partial charge >= 0.3 is 0 Å². The van der Waals surface area contributed by atoms with Crippen LogP contribution in [0.15, 0.2) is 48.8 Å². The molecule has 1 fully saturated rings. The van der Waals surface area contributed by atoms with E-state index in [0.29, 0.717) is 34.5 Å². The maximum atomic E-state index is 13.8. The van der Waals surface area contributed by atoms with Gasteiger partial charge in [-0.1, -0.05) is 29.8 Å². The van der Waals surface area contributed by atoms with Crippen molar-refractivity contribution in [3.63, 3.8) is 0 Å². The summed E-state index contributed by atoms with van der Waals surface area (Å²) < 4.78 is 0. The van der Waals surface area contributed by atoms with Crippen LogP contribution < -0.4 is 0 Å². The number of aromatic amines is 1. The number of benzene rings is 2. The lowest BCUT2D eigenvalue weighted by Crippen LogP contribution is -2.44. The van der Waals surface area contributed by atoms with E-state index in [1.165, 1.54) is 4.80 Å². The van der Waals surface area contributed by atoms with Crippen LogP contribution >= 0.6 is 11.6 Å². The van der Waals surface area contributed by atoms with E-state index >= 15 is 0 Å². The summed E-state index contributed by atoms with van der Waals surface area (Å²) in [5, 5.41) is 18.0. The van der Waals surface area contributed by atoms with Gasteiger partial charge in [0.1, 0.15) is 5.54 Å². The second-order valence-corrected chi connectivity index (χ2v) is 9.02. The van der Waals surface area contributed by atoms with Crippen LogP contribution in [-0.4, -0.2) is 47.5 Å². The Kier molecular flexibility index (Phi) is 5.25. The van der Waals surface area contributed by atoms with E-state index in [2.05, 4.69) is 25.4 Å². The van der Waals surface area contributed by atoms with E-state index in [0.717, 1.165) is 29.5 Å². The Morgan fingerprint density at radius 1 is 1.12 bits per heavy atom. The largest absolute Gasteiger partial charge is 0.326 e. The summed E-state index contributed by atoms with van der Waals surface area (Å²) in [5.74, 6) is 1.22. The lowest BCUT2D eigenvalue weighted by atomic mass is 9.96. The van der Waals surface area contributed by atoms with Gasteiger partial charge in [-0.15, -0.1) is 10.2 Å². The standard InChI is InChI=1S/C24H24ClN7O/c1-15-8-9-18(20(14-15)32-26-11-12-27-32)22(33)31-13-5-10-24(31,3)23-28-21(29-30-23)17-6-4-7-19(25)16(17)2/h4,6-9,11-12,14H,5,10,13H2,1-3H3,(H,28,29,30)/t24-/m0/s1. The van der Waals surface area contributed by atoms with E-state index in [4.69, 9.17) is 11.6 Å². The first-order chi connectivity index (χ1) is 15.9. The zero-order chi connectivity index (χ0) is 23.2. The molecule has 4 aromatic rings. The zero-order valence-corrected chi connectivity index (χ0v) is 19.5. The van der Waals surface area contributed by atoms with Gasteiger partial charge in [-0.2, -0.15) is 15.0 Å². The minimum Gasteiger partial charge on any atom is -0.326 e. The molecule has 3 heterocycles. The lowest BCUT2D eigenvalue weighted by Gasteiger charge is -2.33. The normalized spacial score (nSPS) is 18.1. The molecule has 0 saturated carbocycles. The van der Waals surface area contributed by atoms with Gasteiger partial charge in [0.2, 0.25) is 0 Å². The molecule has 8 nitrogen and oxygen atoms in total. The Balaban J connectivity index is 1.52. The number of aryl methyl sites for hydroxylation is 1. The van der Waals surface area contributed by atoms with Crippen molar-refractivity contribution in [3.05, 3.63) is 76.3 Å². The highest BCUT2D eigenvalue weighted by molar-refractivity contribution is 6.31. The third-order valence-electron chi connectivity index (χ3n) is 6.42. The Morgan fingerprint density at radius 3 is 2.70 bits per heavy atom. The Labute approximate surface area is 196 Å². The summed E-state index contributed by atoms with van der Waals surface area (Å²) in [5.41, 5.74) is 3.45. The molecular formula is C24H24ClN7O. The van der Waals surface area contributed by atoms with Gasteiger partial charge in [0.15, 0.2) is 11.6 Å². The number of H-pyrrole nitrogens is 1. The monoisotopic (exact) mass is 461 g/mol. The first kappa shape index (κ1) is 21.3. The Morgan fingerprint density at radius 2 is 1.91 bits per heavy atom. The van der Waals surface area contributed by atoms with Crippen LogP contribution in [0.25, 0.3) is 17.1 Å². The molecule has 9 heteroatoms. The average molecular weight is 462 g/mol. The second-order valence-electron chi connectivity index (χ2n) is 8.61. The average Bonchev–Trinajstić information content (AvgIpc) is 3.56. The molecule has 1 saturated heterocycles. The number of halogens is 1.